The van der Waals surface area contributed by atoms with E-state index in [2.05, 4.69) is 10.2 Å². The molecule has 1 aromatic heterocycles. The summed E-state index contributed by atoms with van der Waals surface area (Å²) in [5, 5.41) is 7.50. The summed E-state index contributed by atoms with van der Waals surface area (Å²) in [4.78, 5) is 44.9. The van der Waals surface area contributed by atoms with Crippen LogP contribution < -0.4 is 0 Å². The van der Waals surface area contributed by atoms with E-state index < -0.39 is 5.41 Å². The molecule has 1 spiro atoms. The van der Waals surface area contributed by atoms with Crippen molar-refractivity contribution in [2.45, 2.75) is 13.3 Å². The molecule has 0 aromatic carbocycles. The molecule has 0 aliphatic carbocycles. The molecular weight excluding hydrogens is 348 g/mol. The lowest BCUT2D eigenvalue weighted by molar-refractivity contribution is -0.127. The van der Waals surface area contributed by atoms with E-state index in [4.69, 9.17) is 0 Å². The Hall–Kier alpha value is -2.71. The third-order valence-corrected chi connectivity index (χ3v) is 5.25. The van der Waals surface area contributed by atoms with E-state index in [0.717, 1.165) is 0 Å². The first kappa shape index (κ1) is 19.1. The maximum atomic E-state index is 13.0. The lowest BCUT2D eigenvalue weighted by atomic mass is 9.86. The molecule has 0 N–H and O–H groups in total. The first-order valence-corrected chi connectivity index (χ1v) is 9.15. The van der Waals surface area contributed by atoms with Crippen molar-refractivity contribution in [1.82, 2.24) is 29.8 Å². The smallest absolute Gasteiger partial charge is 0.319 e. The zero-order valence-electron chi connectivity index (χ0n) is 16.1. The summed E-state index contributed by atoms with van der Waals surface area (Å²) >= 11 is 0. The van der Waals surface area contributed by atoms with Gasteiger partial charge in [0.1, 0.15) is 0 Å². The molecule has 0 bridgehead atoms. The molecule has 0 unspecified atom stereocenters. The molecule has 9 nitrogen and oxygen atoms in total. The molecule has 146 valence electrons. The minimum absolute atomic E-state index is 0.0784. The molecule has 3 rings (SSSR count). The zero-order chi connectivity index (χ0) is 19.6. The summed E-state index contributed by atoms with van der Waals surface area (Å²) in [6.07, 6.45) is 3.28. The van der Waals surface area contributed by atoms with Gasteiger partial charge in [0.2, 0.25) is 5.91 Å². The second-order valence-electron chi connectivity index (χ2n) is 7.54. The number of urea groups is 1. The van der Waals surface area contributed by atoms with Crippen LogP contribution >= 0.6 is 0 Å². The summed E-state index contributed by atoms with van der Waals surface area (Å²) in [6, 6.07) is 1.53. The highest BCUT2D eigenvalue weighted by atomic mass is 16.2. The van der Waals surface area contributed by atoms with Gasteiger partial charge in [0.05, 0.1) is 18.0 Å². The topological polar surface area (TPSA) is 90.0 Å². The van der Waals surface area contributed by atoms with Gasteiger partial charge >= 0.3 is 6.03 Å². The highest BCUT2D eigenvalue weighted by molar-refractivity contribution is 5.94. The predicted octanol–water partition coefficient (Wildman–Crippen LogP) is 0.155. The van der Waals surface area contributed by atoms with Gasteiger partial charge in [0.25, 0.3) is 5.91 Å². The van der Waals surface area contributed by atoms with E-state index in [1.54, 1.807) is 34.9 Å². The summed E-state index contributed by atoms with van der Waals surface area (Å²) in [6.45, 7) is 4.88. The van der Waals surface area contributed by atoms with Gasteiger partial charge in [-0.05, 0) is 13.0 Å². The summed E-state index contributed by atoms with van der Waals surface area (Å²) in [5.41, 5.74) is 0.00924. The molecule has 2 aliphatic heterocycles. The van der Waals surface area contributed by atoms with Crippen molar-refractivity contribution in [3.8, 4) is 0 Å². The van der Waals surface area contributed by atoms with Crippen LogP contribution in [0.15, 0.2) is 18.5 Å². The van der Waals surface area contributed by atoms with Crippen LogP contribution in [-0.4, -0.2) is 101 Å². The monoisotopic (exact) mass is 374 g/mol. The van der Waals surface area contributed by atoms with Crippen molar-refractivity contribution in [2.75, 3.05) is 53.4 Å². The van der Waals surface area contributed by atoms with Gasteiger partial charge < -0.3 is 19.6 Å². The Morgan fingerprint density at radius 2 is 1.85 bits per heavy atom. The highest BCUT2D eigenvalue weighted by Gasteiger charge is 2.47. The average Bonchev–Trinajstić information content (AvgIpc) is 2.86. The van der Waals surface area contributed by atoms with Gasteiger partial charge in [-0.2, -0.15) is 10.2 Å². The number of rotatable bonds is 2. The van der Waals surface area contributed by atoms with Gasteiger partial charge in [-0.25, -0.2) is 4.79 Å². The van der Waals surface area contributed by atoms with Crippen molar-refractivity contribution >= 4 is 17.8 Å². The summed E-state index contributed by atoms with van der Waals surface area (Å²) < 4.78 is 0. The predicted molar refractivity (Wildman–Crippen MR) is 97.9 cm³/mol. The SMILES string of the molecule is CCN1C[C@@]2(CC1=O)CN(C(=O)c1ccnnc1)CCN(C(=O)N(C)C)C2. The molecule has 9 heteroatoms. The Morgan fingerprint density at radius 3 is 2.44 bits per heavy atom. The number of amides is 4. The van der Waals surface area contributed by atoms with Crippen molar-refractivity contribution in [3.05, 3.63) is 24.0 Å². The quantitative estimate of drug-likeness (QED) is 0.735. The van der Waals surface area contributed by atoms with Gasteiger partial charge in [-0.3, -0.25) is 9.59 Å². The second-order valence-corrected chi connectivity index (χ2v) is 7.54. The molecule has 0 saturated carbocycles. The van der Waals surface area contributed by atoms with Crippen LogP contribution in [0.1, 0.15) is 23.7 Å². The Labute approximate surface area is 158 Å². The number of carbonyl (C=O) groups is 3. The van der Waals surface area contributed by atoms with Gasteiger partial charge in [0, 0.05) is 65.2 Å². The Balaban J connectivity index is 1.89. The van der Waals surface area contributed by atoms with Crippen molar-refractivity contribution in [1.29, 1.82) is 0 Å². The fraction of sp³-hybridized carbons (Fsp3) is 0.611. The minimum Gasteiger partial charge on any atom is -0.342 e. The number of nitrogens with zero attached hydrogens (tertiary/aromatic N) is 6. The maximum absolute atomic E-state index is 13.0. The van der Waals surface area contributed by atoms with Crippen LogP contribution in [0.2, 0.25) is 0 Å². The summed E-state index contributed by atoms with van der Waals surface area (Å²) in [7, 11) is 3.42. The molecule has 3 heterocycles. The molecule has 0 radical (unpaired) electrons. The largest absolute Gasteiger partial charge is 0.342 e. The first-order valence-electron chi connectivity index (χ1n) is 9.15. The third kappa shape index (κ3) is 3.86. The Bertz CT molecular complexity index is 725. The molecule has 1 atom stereocenters. The molecule has 2 aliphatic rings. The van der Waals surface area contributed by atoms with Crippen molar-refractivity contribution in [2.24, 2.45) is 5.41 Å². The lowest BCUT2D eigenvalue weighted by Crippen LogP contribution is -2.47. The molecule has 2 fully saturated rings. The van der Waals surface area contributed by atoms with Gasteiger partial charge in [-0.15, -0.1) is 0 Å². The van der Waals surface area contributed by atoms with E-state index in [-0.39, 0.29) is 17.8 Å². The van der Waals surface area contributed by atoms with Crippen LogP contribution in [-0.2, 0) is 4.79 Å². The molecule has 1 aromatic rings. The second kappa shape index (κ2) is 7.50. The van der Waals surface area contributed by atoms with E-state index in [9.17, 15) is 14.4 Å². The highest BCUT2D eigenvalue weighted by Crippen LogP contribution is 2.35. The fourth-order valence-electron chi connectivity index (χ4n) is 3.96. The molecule has 2 saturated heterocycles. The van der Waals surface area contributed by atoms with Gasteiger partial charge in [0.15, 0.2) is 0 Å². The Morgan fingerprint density at radius 1 is 1.15 bits per heavy atom. The molecule has 4 amide bonds. The Kier molecular flexibility index (Phi) is 5.29. The fourth-order valence-corrected chi connectivity index (χ4v) is 3.96. The number of aromatic nitrogens is 2. The zero-order valence-corrected chi connectivity index (χ0v) is 16.1. The van der Waals surface area contributed by atoms with Crippen molar-refractivity contribution in [3.63, 3.8) is 0 Å². The van der Waals surface area contributed by atoms with E-state index in [0.29, 0.717) is 51.3 Å². The number of likely N-dealkylation sites (tertiary alicyclic amines) is 1. The van der Waals surface area contributed by atoms with E-state index >= 15 is 0 Å². The van der Waals surface area contributed by atoms with Crippen LogP contribution in [0.3, 0.4) is 0 Å². The summed E-state index contributed by atoms with van der Waals surface area (Å²) in [5.74, 6) is -0.0690. The first-order chi connectivity index (χ1) is 12.8. The van der Waals surface area contributed by atoms with Crippen LogP contribution in [0.5, 0.6) is 0 Å². The third-order valence-electron chi connectivity index (χ3n) is 5.25. The van der Waals surface area contributed by atoms with Gasteiger partial charge in [-0.1, -0.05) is 0 Å². The normalized spacial score (nSPS) is 22.9. The van der Waals surface area contributed by atoms with Crippen LogP contribution in [0.4, 0.5) is 4.79 Å². The molecular formula is C18H26N6O3. The van der Waals surface area contributed by atoms with E-state index in [1.807, 2.05) is 6.92 Å². The number of hydrogen-bond acceptors (Lipinski definition) is 5. The van der Waals surface area contributed by atoms with Crippen LogP contribution in [0, 0.1) is 5.41 Å². The standard InChI is InChI=1S/C18H26N6O3/c1-4-22-11-18(9-15(22)25)12-23(16(26)14-5-6-19-20-10-14)7-8-24(13-18)17(27)21(2)3/h5-6,10H,4,7-9,11-13H2,1-3H3/t18-/m0/s1. The minimum atomic E-state index is -0.453. The number of carbonyl (C=O) groups excluding carboxylic acids is 3. The molecule has 27 heavy (non-hydrogen) atoms. The van der Waals surface area contributed by atoms with Crippen molar-refractivity contribution < 1.29 is 14.4 Å². The van der Waals surface area contributed by atoms with E-state index in [1.165, 1.54) is 17.3 Å². The lowest BCUT2D eigenvalue weighted by Gasteiger charge is -2.34. The van der Waals surface area contributed by atoms with Crippen LogP contribution in [0.25, 0.3) is 0 Å². The maximum Gasteiger partial charge on any atom is 0.319 e. The average molecular weight is 374 g/mol. The number of hydrogen-bond donors (Lipinski definition) is 0.